The molecule has 4 heteroatoms. The van der Waals surface area contributed by atoms with Crippen LogP contribution in [0.5, 0.6) is 11.5 Å². The van der Waals surface area contributed by atoms with Crippen molar-refractivity contribution in [2.24, 2.45) is 5.92 Å². The van der Waals surface area contributed by atoms with E-state index in [9.17, 15) is 4.79 Å². The van der Waals surface area contributed by atoms with Gasteiger partial charge in [0, 0.05) is 24.1 Å². The average molecular weight is 380 g/mol. The lowest BCUT2D eigenvalue weighted by molar-refractivity contribution is 0.103. The van der Waals surface area contributed by atoms with Crippen molar-refractivity contribution in [3.05, 3.63) is 58.7 Å². The minimum Gasteiger partial charge on any atom is -0.493 e. The topological polar surface area (TPSA) is 38.8 Å². The molecule has 3 aliphatic rings. The van der Waals surface area contributed by atoms with Gasteiger partial charge >= 0.3 is 0 Å². The van der Waals surface area contributed by atoms with E-state index >= 15 is 0 Å². The molecule has 0 N–H and O–H groups in total. The Hall–Kier alpha value is -2.33. The number of rotatable bonds is 5. The summed E-state index contributed by atoms with van der Waals surface area (Å²) >= 11 is 0. The van der Waals surface area contributed by atoms with Gasteiger partial charge in [0.2, 0.25) is 0 Å². The van der Waals surface area contributed by atoms with Crippen LogP contribution in [0.3, 0.4) is 0 Å². The first kappa shape index (κ1) is 19.0. The highest BCUT2D eigenvalue weighted by molar-refractivity contribution is 6.13. The van der Waals surface area contributed by atoms with Crippen LogP contribution >= 0.6 is 0 Å². The Morgan fingerprint density at radius 1 is 1.14 bits per heavy atom. The second kappa shape index (κ2) is 8.36. The van der Waals surface area contributed by atoms with E-state index in [1.807, 2.05) is 12.1 Å². The number of hydrogen-bond acceptors (Lipinski definition) is 4. The summed E-state index contributed by atoms with van der Waals surface area (Å²) in [5.41, 5.74) is 4.29. The minimum absolute atomic E-state index is 0.150. The molecule has 4 nitrogen and oxygen atoms in total. The van der Waals surface area contributed by atoms with Crippen molar-refractivity contribution in [2.45, 2.75) is 32.1 Å². The van der Waals surface area contributed by atoms with Crippen LogP contribution in [0.2, 0.25) is 0 Å². The van der Waals surface area contributed by atoms with Gasteiger partial charge in [-0.3, -0.25) is 9.69 Å². The van der Waals surface area contributed by atoms with Crippen LogP contribution in [0.15, 0.2) is 47.6 Å². The van der Waals surface area contributed by atoms with E-state index in [1.165, 1.54) is 12.8 Å². The highest BCUT2D eigenvalue weighted by atomic mass is 16.5. The van der Waals surface area contributed by atoms with Crippen molar-refractivity contribution >= 4 is 5.78 Å². The summed E-state index contributed by atoms with van der Waals surface area (Å²) in [6, 6.07) is 3.77. The van der Waals surface area contributed by atoms with Gasteiger partial charge in [-0.15, -0.1) is 0 Å². The number of carbonyl (C=O) groups excluding carboxylic acids is 1. The maximum atomic E-state index is 12.9. The first-order valence-corrected chi connectivity index (χ1v) is 10.2. The minimum atomic E-state index is 0.150. The van der Waals surface area contributed by atoms with Gasteiger partial charge in [-0.25, -0.2) is 0 Å². The van der Waals surface area contributed by atoms with E-state index in [0.29, 0.717) is 23.8 Å². The Morgan fingerprint density at radius 2 is 1.89 bits per heavy atom. The fraction of sp³-hybridized carbons (Fsp3) is 0.458. The van der Waals surface area contributed by atoms with Crippen LogP contribution in [0.25, 0.3) is 0 Å². The third-order valence-corrected chi connectivity index (χ3v) is 6.12. The fourth-order valence-electron chi connectivity index (χ4n) is 4.51. The number of allylic oxidation sites excluding steroid dienone is 5. The Bertz CT molecular complexity index is 842. The molecule has 4 rings (SSSR count). The van der Waals surface area contributed by atoms with Gasteiger partial charge in [-0.1, -0.05) is 29.9 Å². The van der Waals surface area contributed by atoms with Gasteiger partial charge in [-0.05, 0) is 62.4 Å². The van der Waals surface area contributed by atoms with E-state index in [2.05, 4.69) is 29.2 Å². The molecule has 0 atom stereocenters. The predicted octanol–water partition coefficient (Wildman–Crippen LogP) is 4.36. The molecule has 1 fully saturated rings. The Labute approximate surface area is 167 Å². The van der Waals surface area contributed by atoms with Crippen molar-refractivity contribution in [1.29, 1.82) is 0 Å². The first-order valence-electron chi connectivity index (χ1n) is 10.2. The molecule has 1 aromatic carbocycles. The second-order valence-corrected chi connectivity index (χ2v) is 7.97. The third-order valence-electron chi connectivity index (χ3n) is 6.12. The zero-order valence-electron chi connectivity index (χ0n) is 16.9. The van der Waals surface area contributed by atoms with Crippen molar-refractivity contribution in [3.8, 4) is 11.5 Å². The van der Waals surface area contributed by atoms with Crippen molar-refractivity contribution < 1.29 is 14.3 Å². The third kappa shape index (κ3) is 3.93. The molecule has 0 aromatic heterocycles. The van der Waals surface area contributed by atoms with Crippen molar-refractivity contribution in [2.75, 3.05) is 33.9 Å². The largest absolute Gasteiger partial charge is 0.493 e. The van der Waals surface area contributed by atoms with E-state index < -0.39 is 0 Å². The standard InChI is InChI=1S/C24H29NO3/c1-27-22-14-19-13-20(24(26)21(19)15-23(22)28-2)12-17-8-10-25(11-9-17)16-18-6-4-3-5-7-18/h3-4,6,12,14-15,17H,5,7-11,13,16H2,1-2H3/b20-12+. The van der Waals surface area contributed by atoms with Gasteiger partial charge in [0.1, 0.15) is 0 Å². The number of benzene rings is 1. The number of fused-ring (bicyclic) bond motifs is 1. The molecule has 1 saturated heterocycles. The predicted molar refractivity (Wildman–Crippen MR) is 111 cm³/mol. The van der Waals surface area contributed by atoms with Crippen molar-refractivity contribution in [3.63, 3.8) is 0 Å². The summed E-state index contributed by atoms with van der Waals surface area (Å²) in [6.07, 6.45) is 14.3. The van der Waals surface area contributed by atoms with Gasteiger partial charge in [0.25, 0.3) is 0 Å². The lowest BCUT2D eigenvalue weighted by Crippen LogP contribution is -2.34. The number of piperidine rings is 1. The Kier molecular flexibility index (Phi) is 5.67. The van der Waals surface area contributed by atoms with Crippen molar-refractivity contribution in [1.82, 2.24) is 4.90 Å². The quantitative estimate of drug-likeness (QED) is 0.713. The summed E-state index contributed by atoms with van der Waals surface area (Å²) < 4.78 is 10.7. The normalized spacial score (nSPS) is 21.7. The number of carbonyl (C=O) groups is 1. The van der Waals surface area contributed by atoms with Gasteiger partial charge < -0.3 is 9.47 Å². The monoisotopic (exact) mass is 379 g/mol. The first-order chi connectivity index (χ1) is 13.7. The summed E-state index contributed by atoms with van der Waals surface area (Å²) in [5, 5.41) is 0. The zero-order chi connectivity index (χ0) is 19.5. The number of methoxy groups -OCH3 is 2. The summed E-state index contributed by atoms with van der Waals surface area (Å²) in [6.45, 7) is 3.31. The van der Waals surface area contributed by atoms with Gasteiger partial charge in [0.05, 0.1) is 14.2 Å². The maximum Gasteiger partial charge on any atom is 0.189 e. The molecule has 1 aromatic rings. The molecule has 28 heavy (non-hydrogen) atoms. The molecule has 2 aliphatic carbocycles. The van der Waals surface area contributed by atoms with E-state index in [4.69, 9.17) is 9.47 Å². The number of ether oxygens (including phenoxy) is 2. The highest BCUT2D eigenvalue weighted by Crippen LogP contribution is 2.37. The molecule has 0 bridgehead atoms. The number of likely N-dealkylation sites (tertiary alicyclic amines) is 1. The molecule has 1 aliphatic heterocycles. The molecule has 0 radical (unpaired) electrons. The highest BCUT2D eigenvalue weighted by Gasteiger charge is 2.28. The van der Waals surface area contributed by atoms with E-state index in [0.717, 1.165) is 49.2 Å². The summed E-state index contributed by atoms with van der Waals surface area (Å²) in [4.78, 5) is 15.4. The Morgan fingerprint density at radius 3 is 2.57 bits per heavy atom. The number of ketones is 1. The molecule has 0 unspecified atom stereocenters. The maximum absolute atomic E-state index is 12.9. The molecule has 148 valence electrons. The van der Waals surface area contributed by atoms with Crippen LogP contribution in [-0.4, -0.2) is 44.5 Å². The molecular weight excluding hydrogens is 350 g/mol. The molecule has 0 spiro atoms. The molecular formula is C24H29NO3. The lowest BCUT2D eigenvalue weighted by Gasteiger charge is -2.31. The SMILES string of the molecule is COc1cc2c(cc1OC)C(=O)/C(=C/C1CCN(CC3=CC=CCC3)CC1)C2. The zero-order valence-corrected chi connectivity index (χ0v) is 16.9. The molecule has 0 saturated carbocycles. The number of Topliss-reactive ketones (excluding diaryl/α,β-unsaturated/α-hetero) is 1. The van der Waals surface area contributed by atoms with Crippen LogP contribution < -0.4 is 9.47 Å². The van der Waals surface area contributed by atoms with Gasteiger partial charge in [-0.2, -0.15) is 0 Å². The smallest absolute Gasteiger partial charge is 0.189 e. The number of nitrogens with zero attached hydrogens (tertiary/aromatic N) is 1. The lowest BCUT2D eigenvalue weighted by atomic mass is 9.92. The molecule has 0 amide bonds. The second-order valence-electron chi connectivity index (χ2n) is 7.97. The van der Waals surface area contributed by atoms with Crippen LogP contribution in [0.1, 0.15) is 41.6 Å². The Balaban J connectivity index is 1.39. The van der Waals surface area contributed by atoms with E-state index in [1.54, 1.807) is 19.8 Å². The molecule has 1 heterocycles. The summed E-state index contributed by atoms with van der Waals surface area (Å²) in [5.74, 6) is 1.96. The van der Waals surface area contributed by atoms with E-state index in [-0.39, 0.29) is 5.78 Å². The van der Waals surface area contributed by atoms with Gasteiger partial charge in [0.15, 0.2) is 17.3 Å². The van der Waals surface area contributed by atoms with Crippen LogP contribution in [0.4, 0.5) is 0 Å². The number of hydrogen-bond donors (Lipinski definition) is 0. The van der Waals surface area contributed by atoms with Crippen LogP contribution in [0, 0.1) is 5.92 Å². The van der Waals surface area contributed by atoms with Crippen LogP contribution in [-0.2, 0) is 6.42 Å². The fourth-order valence-corrected chi connectivity index (χ4v) is 4.51. The summed E-state index contributed by atoms with van der Waals surface area (Å²) in [7, 11) is 3.24. The average Bonchev–Trinajstić information content (AvgIpc) is 3.03.